The number of aromatic amines is 1. The Balaban J connectivity index is 1.48. The Morgan fingerprint density at radius 3 is 2.50 bits per heavy atom. The number of halogens is 1. The average molecular weight is 475 g/mol. The third kappa shape index (κ3) is 4.34. The van der Waals surface area contributed by atoms with Gasteiger partial charge in [-0.05, 0) is 40.5 Å². The van der Waals surface area contributed by atoms with Crippen LogP contribution in [0.4, 0.5) is 0 Å². The number of aryl methyl sites for hydroxylation is 2. The van der Waals surface area contributed by atoms with E-state index in [9.17, 15) is 0 Å². The number of aromatic nitrogens is 8. The molecule has 0 saturated heterocycles. The van der Waals surface area contributed by atoms with Crippen LogP contribution in [0.2, 0.25) is 5.15 Å². The zero-order valence-electron chi connectivity index (χ0n) is 18.9. The molecule has 0 aliphatic heterocycles. The van der Waals surface area contributed by atoms with Crippen LogP contribution < -0.4 is 0 Å². The van der Waals surface area contributed by atoms with Crippen molar-refractivity contribution >= 4 is 11.6 Å². The number of benzene rings is 2. The van der Waals surface area contributed by atoms with Gasteiger partial charge < -0.3 is 9.09 Å². The fourth-order valence-corrected chi connectivity index (χ4v) is 4.23. The van der Waals surface area contributed by atoms with E-state index in [1.807, 2.05) is 18.2 Å². The highest BCUT2D eigenvalue weighted by atomic mass is 35.5. The van der Waals surface area contributed by atoms with Gasteiger partial charge in [-0.15, -0.1) is 5.10 Å². The molecule has 0 radical (unpaired) electrons. The summed E-state index contributed by atoms with van der Waals surface area (Å²) in [7, 11) is 0. The highest BCUT2D eigenvalue weighted by Gasteiger charge is 2.22. The number of imidazole rings is 1. The zero-order chi connectivity index (χ0) is 23.5. The summed E-state index contributed by atoms with van der Waals surface area (Å²) in [5.41, 5.74) is 4.81. The van der Waals surface area contributed by atoms with Gasteiger partial charge in [-0.2, -0.15) is 4.98 Å². The number of nitrogens with one attached hydrogen (secondary N) is 1. The highest BCUT2D eigenvalue weighted by Crippen LogP contribution is 2.32. The fourth-order valence-electron chi connectivity index (χ4n) is 3.95. The van der Waals surface area contributed by atoms with Crippen LogP contribution in [-0.2, 0) is 13.0 Å². The van der Waals surface area contributed by atoms with Crippen LogP contribution in [0.3, 0.4) is 0 Å². The molecule has 172 valence electrons. The van der Waals surface area contributed by atoms with Gasteiger partial charge in [0.2, 0.25) is 0 Å². The van der Waals surface area contributed by atoms with Crippen molar-refractivity contribution in [3.8, 4) is 34.1 Å². The topological polar surface area (TPSA) is 111 Å². The molecule has 1 N–H and O–H groups in total. The number of rotatable bonds is 8. The van der Waals surface area contributed by atoms with E-state index in [2.05, 4.69) is 77.6 Å². The third-order valence-corrected chi connectivity index (χ3v) is 5.88. The summed E-state index contributed by atoms with van der Waals surface area (Å²) in [6, 6.07) is 16.4. The van der Waals surface area contributed by atoms with Crippen LogP contribution in [0.1, 0.15) is 37.0 Å². The highest BCUT2D eigenvalue weighted by molar-refractivity contribution is 6.31. The molecule has 3 aromatic heterocycles. The van der Waals surface area contributed by atoms with E-state index < -0.39 is 0 Å². The number of hydrogen-bond acceptors (Lipinski definition) is 7. The molecule has 34 heavy (non-hydrogen) atoms. The average Bonchev–Trinajstić information content (AvgIpc) is 3.59. The second kappa shape index (κ2) is 9.56. The van der Waals surface area contributed by atoms with Crippen molar-refractivity contribution < 1.29 is 4.52 Å². The molecule has 9 nitrogen and oxygen atoms in total. The molecule has 0 bridgehead atoms. The van der Waals surface area contributed by atoms with Gasteiger partial charge in [0.15, 0.2) is 16.8 Å². The summed E-state index contributed by atoms with van der Waals surface area (Å²) in [6.45, 7) is 4.52. The molecule has 0 aliphatic rings. The summed E-state index contributed by atoms with van der Waals surface area (Å²) in [6.07, 6.45) is 2.90. The Morgan fingerprint density at radius 1 is 1.03 bits per heavy atom. The summed E-state index contributed by atoms with van der Waals surface area (Å²) in [5.74, 6) is 2.47. The standard InChI is InChI=1S/C24H23ClN8O/c1-3-4-9-20-27-22(25)21(24-26-15(2)30-34-24)33(20)14-16-10-12-17(13-11-16)18-7-5-6-8-19(18)23-28-31-32-29-23/h5-8,10-13H,3-4,9,14H2,1-2H3,(H,28,29,31,32). The molecule has 0 fully saturated rings. The number of tetrazole rings is 1. The minimum Gasteiger partial charge on any atom is -0.332 e. The molecule has 5 aromatic rings. The quantitative estimate of drug-likeness (QED) is 0.331. The van der Waals surface area contributed by atoms with Crippen LogP contribution in [0.15, 0.2) is 53.1 Å². The maximum absolute atomic E-state index is 6.53. The molecule has 10 heteroatoms. The lowest BCUT2D eigenvalue weighted by Gasteiger charge is -2.12. The van der Waals surface area contributed by atoms with E-state index in [1.165, 1.54) is 0 Å². The summed E-state index contributed by atoms with van der Waals surface area (Å²) < 4.78 is 7.50. The van der Waals surface area contributed by atoms with Crippen molar-refractivity contribution in [2.45, 2.75) is 39.7 Å². The Bertz CT molecular complexity index is 1390. The predicted octanol–water partition coefficient (Wildman–Crippen LogP) is 5.13. The number of H-pyrrole nitrogens is 1. The van der Waals surface area contributed by atoms with Crippen molar-refractivity contribution in [2.24, 2.45) is 0 Å². The first-order valence-corrected chi connectivity index (χ1v) is 11.5. The lowest BCUT2D eigenvalue weighted by molar-refractivity contribution is 0.422. The minimum atomic E-state index is 0.376. The number of hydrogen-bond donors (Lipinski definition) is 1. The van der Waals surface area contributed by atoms with E-state index in [4.69, 9.17) is 16.1 Å². The van der Waals surface area contributed by atoms with Gasteiger partial charge in [0.05, 0.1) is 0 Å². The Kier molecular flexibility index (Phi) is 6.18. The SMILES string of the molecule is CCCCc1nc(Cl)c(-c2nc(C)no2)n1Cc1ccc(-c2ccccc2-c2nnn[nH]2)cc1. The number of unbranched alkanes of at least 4 members (excludes halogenated alkanes) is 1. The van der Waals surface area contributed by atoms with Gasteiger partial charge in [-0.25, -0.2) is 10.1 Å². The van der Waals surface area contributed by atoms with Gasteiger partial charge >= 0.3 is 0 Å². The molecule has 3 heterocycles. The first-order valence-electron chi connectivity index (χ1n) is 11.1. The molecule has 2 aromatic carbocycles. The molecule has 0 amide bonds. The fraction of sp³-hybridized carbons (Fsp3) is 0.250. The van der Waals surface area contributed by atoms with Gasteiger partial charge in [0.25, 0.3) is 5.89 Å². The lowest BCUT2D eigenvalue weighted by atomic mass is 9.98. The minimum absolute atomic E-state index is 0.376. The van der Waals surface area contributed by atoms with E-state index in [0.717, 1.165) is 47.3 Å². The van der Waals surface area contributed by atoms with Crippen molar-refractivity contribution in [3.05, 3.63) is 70.9 Å². The van der Waals surface area contributed by atoms with Crippen molar-refractivity contribution in [2.75, 3.05) is 0 Å². The van der Waals surface area contributed by atoms with Crippen LogP contribution in [0.25, 0.3) is 34.1 Å². The van der Waals surface area contributed by atoms with Crippen molar-refractivity contribution in [1.29, 1.82) is 0 Å². The normalized spacial score (nSPS) is 11.3. The lowest BCUT2D eigenvalue weighted by Crippen LogP contribution is -2.07. The third-order valence-electron chi connectivity index (χ3n) is 5.62. The maximum Gasteiger partial charge on any atom is 0.277 e. The maximum atomic E-state index is 6.53. The molecular formula is C24H23ClN8O. The molecule has 0 saturated carbocycles. The molecule has 5 rings (SSSR count). The van der Waals surface area contributed by atoms with Crippen LogP contribution in [0, 0.1) is 6.92 Å². The molecule has 0 spiro atoms. The molecular weight excluding hydrogens is 452 g/mol. The largest absolute Gasteiger partial charge is 0.332 e. The van der Waals surface area contributed by atoms with E-state index in [0.29, 0.717) is 34.9 Å². The first-order chi connectivity index (χ1) is 16.6. The van der Waals surface area contributed by atoms with E-state index in [1.54, 1.807) is 6.92 Å². The molecule has 0 unspecified atom stereocenters. The van der Waals surface area contributed by atoms with Gasteiger partial charge in [-0.1, -0.05) is 78.6 Å². The first kappa shape index (κ1) is 22.0. The van der Waals surface area contributed by atoms with E-state index >= 15 is 0 Å². The van der Waals surface area contributed by atoms with Crippen LogP contribution in [-0.4, -0.2) is 40.3 Å². The van der Waals surface area contributed by atoms with Crippen molar-refractivity contribution in [3.63, 3.8) is 0 Å². The van der Waals surface area contributed by atoms with E-state index in [-0.39, 0.29) is 0 Å². The Morgan fingerprint density at radius 2 is 1.82 bits per heavy atom. The Hall–Kier alpha value is -3.85. The smallest absolute Gasteiger partial charge is 0.277 e. The monoisotopic (exact) mass is 474 g/mol. The predicted molar refractivity (Wildman–Crippen MR) is 128 cm³/mol. The summed E-state index contributed by atoms with van der Waals surface area (Å²) >= 11 is 6.53. The Labute approximate surface area is 201 Å². The molecule has 0 atom stereocenters. The van der Waals surface area contributed by atoms with Gasteiger partial charge in [0, 0.05) is 18.5 Å². The molecule has 0 aliphatic carbocycles. The van der Waals surface area contributed by atoms with Gasteiger partial charge in [-0.3, -0.25) is 0 Å². The second-order valence-electron chi connectivity index (χ2n) is 8.00. The summed E-state index contributed by atoms with van der Waals surface area (Å²) in [4.78, 5) is 9.00. The second-order valence-corrected chi connectivity index (χ2v) is 8.35. The van der Waals surface area contributed by atoms with Crippen LogP contribution in [0.5, 0.6) is 0 Å². The van der Waals surface area contributed by atoms with Gasteiger partial charge in [0.1, 0.15) is 11.5 Å². The number of nitrogens with zero attached hydrogens (tertiary/aromatic N) is 7. The zero-order valence-corrected chi connectivity index (χ0v) is 19.6. The van der Waals surface area contributed by atoms with Crippen molar-refractivity contribution in [1.82, 2.24) is 40.3 Å². The summed E-state index contributed by atoms with van der Waals surface area (Å²) in [5, 5.41) is 18.6. The van der Waals surface area contributed by atoms with Crippen LogP contribution >= 0.6 is 11.6 Å².